The van der Waals surface area contributed by atoms with Gasteiger partial charge in [-0.3, -0.25) is 0 Å². The van der Waals surface area contributed by atoms with E-state index < -0.39 is 16.0 Å². The Kier molecular flexibility index (Phi) is 5.45. The van der Waals surface area contributed by atoms with E-state index in [4.69, 9.17) is 0 Å². The Morgan fingerprint density at radius 1 is 1.53 bits per heavy atom. The number of carbonyl (C=O) groups is 1. The molecule has 0 amide bonds. The smallest absolute Gasteiger partial charge is 0.358 e. The zero-order valence-corrected chi connectivity index (χ0v) is 13.0. The van der Waals surface area contributed by atoms with Crippen LogP contribution in [0.5, 0.6) is 0 Å². The lowest BCUT2D eigenvalue weighted by Crippen LogP contribution is -2.37. The molecule has 6 nitrogen and oxygen atoms in total. The van der Waals surface area contributed by atoms with Crippen molar-refractivity contribution < 1.29 is 17.9 Å². The van der Waals surface area contributed by atoms with Gasteiger partial charge in [-0.2, -0.15) is 4.31 Å². The minimum Gasteiger partial charge on any atom is -0.464 e. The number of thiazole rings is 1. The topological polar surface area (TPSA) is 76.6 Å². The third-order valence-electron chi connectivity index (χ3n) is 2.48. The SMILES string of the molecule is CCCN(C(C)C)S(=O)(=O)c1scnc1C(=O)OC. The second-order valence-electron chi connectivity index (χ2n) is 4.19. The maximum absolute atomic E-state index is 12.6. The predicted octanol–water partition coefficient (Wildman–Crippen LogP) is 1.74. The number of sulfonamides is 1. The van der Waals surface area contributed by atoms with Gasteiger partial charge >= 0.3 is 5.97 Å². The van der Waals surface area contributed by atoms with Gasteiger partial charge in [0, 0.05) is 12.6 Å². The first-order chi connectivity index (χ1) is 8.86. The van der Waals surface area contributed by atoms with E-state index in [0.717, 1.165) is 11.3 Å². The fourth-order valence-electron chi connectivity index (χ4n) is 1.63. The number of carbonyl (C=O) groups excluding carboxylic acids is 1. The summed E-state index contributed by atoms with van der Waals surface area (Å²) in [7, 11) is -2.52. The van der Waals surface area contributed by atoms with Crippen LogP contribution in [0.25, 0.3) is 0 Å². The average molecular weight is 306 g/mol. The molecule has 108 valence electrons. The molecule has 0 aliphatic heterocycles. The maximum Gasteiger partial charge on any atom is 0.358 e. The van der Waals surface area contributed by atoms with Gasteiger partial charge in [-0.15, -0.1) is 11.3 Å². The van der Waals surface area contributed by atoms with Gasteiger partial charge < -0.3 is 4.74 Å². The van der Waals surface area contributed by atoms with Crippen LogP contribution in [-0.4, -0.2) is 43.4 Å². The molecule has 8 heteroatoms. The highest BCUT2D eigenvalue weighted by Gasteiger charge is 2.33. The van der Waals surface area contributed by atoms with E-state index in [1.54, 1.807) is 13.8 Å². The van der Waals surface area contributed by atoms with E-state index in [9.17, 15) is 13.2 Å². The van der Waals surface area contributed by atoms with Crippen molar-refractivity contribution in [3.05, 3.63) is 11.2 Å². The van der Waals surface area contributed by atoms with Gasteiger partial charge in [0.05, 0.1) is 12.6 Å². The Morgan fingerprint density at radius 2 is 2.16 bits per heavy atom. The van der Waals surface area contributed by atoms with Gasteiger partial charge in [0.15, 0.2) is 9.90 Å². The molecule has 0 fully saturated rings. The van der Waals surface area contributed by atoms with Crippen LogP contribution >= 0.6 is 11.3 Å². The van der Waals surface area contributed by atoms with E-state index in [0.29, 0.717) is 13.0 Å². The fraction of sp³-hybridized carbons (Fsp3) is 0.636. The monoisotopic (exact) mass is 306 g/mol. The Bertz CT molecular complexity index is 537. The molecule has 1 aromatic heterocycles. The largest absolute Gasteiger partial charge is 0.464 e. The standard InChI is InChI=1S/C11H18N2O4S2/c1-5-6-13(8(2)3)19(15,16)11-9(10(14)17-4)12-7-18-11/h7-8H,5-6H2,1-4H3. The summed E-state index contributed by atoms with van der Waals surface area (Å²) in [5.74, 6) is -0.736. The van der Waals surface area contributed by atoms with Crippen molar-refractivity contribution in [2.75, 3.05) is 13.7 Å². The van der Waals surface area contributed by atoms with Crippen LogP contribution in [0.15, 0.2) is 9.72 Å². The third kappa shape index (κ3) is 3.31. The Balaban J connectivity index is 3.26. The summed E-state index contributed by atoms with van der Waals surface area (Å²) >= 11 is 0.930. The minimum absolute atomic E-state index is 0.0542. The lowest BCUT2D eigenvalue weighted by atomic mass is 10.4. The molecule has 0 aliphatic rings. The Morgan fingerprint density at radius 3 is 2.63 bits per heavy atom. The number of ether oxygens (including phenoxy) is 1. The van der Waals surface area contributed by atoms with E-state index in [1.807, 2.05) is 6.92 Å². The fourth-order valence-corrected chi connectivity index (χ4v) is 4.61. The number of hydrogen-bond acceptors (Lipinski definition) is 6. The van der Waals surface area contributed by atoms with E-state index in [-0.39, 0.29) is 15.9 Å². The molecule has 0 saturated heterocycles. The summed E-state index contributed by atoms with van der Waals surface area (Å²) in [6.07, 6.45) is 0.698. The molecular formula is C11H18N2O4S2. The van der Waals surface area contributed by atoms with Crippen LogP contribution < -0.4 is 0 Å². The molecule has 0 N–H and O–H groups in total. The van der Waals surface area contributed by atoms with Crippen molar-refractivity contribution in [1.29, 1.82) is 0 Å². The molecule has 1 aromatic rings. The molecule has 1 heterocycles. The van der Waals surface area contributed by atoms with Crippen molar-refractivity contribution in [3.63, 3.8) is 0 Å². The number of nitrogens with zero attached hydrogens (tertiary/aromatic N) is 2. The third-order valence-corrected chi connectivity index (χ3v) is 5.90. The van der Waals surface area contributed by atoms with E-state index >= 15 is 0 Å². The van der Waals surface area contributed by atoms with Crippen LogP contribution in [-0.2, 0) is 14.8 Å². The van der Waals surface area contributed by atoms with Gasteiger partial charge in [-0.05, 0) is 20.3 Å². The average Bonchev–Trinajstić information content (AvgIpc) is 2.84. The lowest BCUT2D eigenvalue weighted by Gasteiger charge is -2.24. The highest BCUT2D eigenvalue weighted by atomic mass is 32.2. The summed E-state index contributed by atoms with van der Waals surface area (Å²) < 4.78 is 31.0. The van der Waals surface area contributed by atoms with Crippen LogP contribution in [0.4, 0.5) is 0 Å². The van der Waals surface area contributed by atoms with Crippen molar-refractivity contribution >= 4 is 27.3 Å². The molecular weight excluding hydrogens is 288 g/mol. The first kappa shape index (κ1) is 16.1. The molecule has 0 bridgehead atoms. The van der Waals surface area contributed by atoms with Gasteiger partial charge in [0.1, 0.15) is 0 Å². The maximum atomic E-state index is 12.6. The van der Waals surface area contributed by atoms with Crippen molar-refractivity contribution in [1.82, 2.24) is 9.29 Å². The van der Waals surface area contributed by atoms with Gasteiger partial charge in [0.25, 0.3) is 10.0 Å². The second-order valence-corrected chi connectivity index (χ2v) is 7.13. The van der Waals surface area contributed by atoms with Crippen LogP contribution in [0.3, 0.4) is 0 Å². The van der Waals surface area contributed by atoms with Gasteiger partial charge in [-0.1, -0.05) is 6.92 Å². The summed E-state index contributed by atoms with van der Waals surface area (Å²) in [4.78, 5) is 15.3. The number of methoxy groups -OCH3 is 1. The lowest BCUT2D eigenvalue weighted by molar-refractivity contribution is 0.0590. The number of esters is 1. The highest BCUT2D eigenvalue weighted by molar-refractivity contribution is 7.91. The summed E-state index contributed by atoms with van der Waals surface area (Å²) in [5.41, 5.74) is 1.19. The normalized spacial score (nSPS) is 12.1. The van der Waals surface area contributed by atoms with Crippen LogP contribution in [0.2, 0.25) is 0 Å². The molecule has 19 heavy (non-hydrogen) atoms. The number of aromatic nitrogens is 1. The van der Waals surface area contributed by atoms with Gasteiger partial charge in [-0.25, -0.2) is 18.2 Å². The zero-order chi connectivity index (χ0) is 14.6. The summed E-state index contributed by atoms with van der Waals surface area (Å²) in [6.45, 7) is 5.90. The van der Waals surface area contributed by atoms with Crippen molar-refractivity contribution in [2.24, 2.45) is 0 Å². The van der Waals surface area contributed by atoms with E-state index in [1.165, 1.54) is 16.9 Å². The first-order valence-corrected chi connectivity index (χ1v) is 8.21. The van der Waals surface area contributed by atoms with Crippen LogP contribution in [0, 0.1) is 0 Å². The molecule has 0 spiro atoms. The zero-order valence-electron chi connectivity index (χ0n) is 11.4. The quantitative estimate of drug-likeness (QED) is 0.748. The molecule has 0 saturated carbocycles. The van der Waals surface area contributed by atoms with Gasteiger partial charge in [0.2, 0.25) is 0 Å². The number of hydrogen-bond donors (Lipinski definition) is 0. The summed E-state index contributed by atoms with van der Waals surface area (Å²) in [5, 5.41) is 0. The first-order valence-electron chi connectivity index (χ1n) is 5.89. The molecule has 1 rings (SSSR count). The van der Waals surface area contributed by atoms with E-state index in [2.05, 4.69) is 9.72 Å². The highest BCUT2D eigenvalue weighted by Crippen LogP contribution is 2.26. The van der Waals surface area contributed by atoms with Crippen molar-refractivity contribution in [3.8, 4) is 0 Å². The minimum atomic E-state index is -3.72. The molecule has 0 atom stereocenters. The number of rotatable bonds is 6. The molecule has 0 unspecified atom stereocenters. The summed E-state index contributed by atoms with van der Waals surface area (Å²) in [6, 6.07) is -0.183. The van der Waals surface area contributed by atoms with Crippen molar-refractivity contribution in [2.45, 2.75) is 37.4 Å². The Labute approximate surface area is 117 Å². The predicted molar refractivity (Wildman–Crippen MR) is 72.8 cm³/mol. The second kappa shape index (κ2) is 6.44. The molecule has 0 aliphatic carbocycles. The molecule has 0 radical (unpaired) electrons. The van der Waals surface area contributed by atoms with Crippen LogP contribution in [0.1, 0.15) is 37.7 Å². The Hall–Kier alpha value is -0.990. The molecule has 0 aromatic carbocycles.